The van der Waals surface area contributed by atoms with Crippen molar-refractivity contribution in [3.8, 4) is 5.75 Å². The van der Waals surface area contributed by atoms with Crippen LogP contribution in [0.3, 0.4) is 0 Å². The smallest absolute Gasteiger partial charge is 0.488 e. The van der Waals surface area contributed by atoms with Gasteiger partial charge in [0.05, 0.1) is 0 Å². The van der Waals surface area contributed by atoms with E-state index in [9.17, 15) is 4.39 Å². The minimum absolute atomic E-state index is 0.125. The number of benzene rings is 1. The number of nitrogens with zero attached hydrogens (tertiary/aromatic N) is 1. The maximum atomic E-state index is 13.7. The largest absolute Gasteiger partial charge is 0.489 e. The first-order valence-electron chi connectivity index (χ1n) is 7.07. The molecule has 0 bridgehead atoms. The molecule has 0 spiro atoms. The van der Waals surface area contributed by atoms with Crippen LogP contribution in [-0.2, 0) is 0 Å². The second kappa shape index (κ2) is 7.06. The van der Waals surface area contributed by atoms with Crippen LogP contribution < -0.4 is 10.2 Å². The zero-order chi connectivity index (χ0) is 14.5. The number of ether oxygens (including phenoxy) is 1. The third kappa shape index (κ3) is 4.20. The van der Waals surface area contributed by atoms with Crippen LogP contribution in [0.5, 0.6) is 5.75 Å². The third-order valence-electron chi connectivity index (χ3n) is 3.80. The third-order valence-corrected chi connectivity index (χ3v) is 3.80. The molecule has 0 atom stereocenters. The maximum Gasteiger partial charge on any atom is 0.488 e. The molecular formula is C14H21BFNO3. The molecule has 0 radical (unpaired) electrons. The minimum atomic E-state index is -1.66. The molecule has 0 saturated carbocycles. The Morgan fingerprint density at radius 1 is 1.35 bits per heavy atom. The average Bonchev–Trinajstić information content (AvgIpc) is 2.42. The normalized spacial score (nSPS) is 17.2. The van der Waals surface area contributed by atoms with Gasteiger partial charge in [0.1, 0.15) is 6.61 Å². The Hall–Kier alpha value is -1.11. The van der Waals surface area contributed by atoms with E-state index in [0.717, 1.165) is 31.6 Å². The van der Waals surface area contributed by atoms with E-state index in [1.165, 1.54) is 25.0 Å². The van der Waals surface area contributed by atoms with Gasteiger partial charge < -0.3 is 14.8 Å². The second-order valence-electron chi connectivity index (χ2n) is 5.44. The SMILES string of the molecule is CC1CCN(CCOc2ccc(B(O)O)cc2F)CC1. The summed E-state index contributed by atoms with van der Waals surface area (Å²) in [5.74, 6) is 0.379. The summed E-state index contributed by atoms with van der Waals surface area (Å²) in [6, 6.07) is 3.97. The van der Waals surface area contributed by atoms with E-state index in [1.807, 2.05) is 0 Å². The molecule has 110 valence electrons. The molecule has 1 aliphatic rings. The highest BCUT2D eigenvalue weighted by Crippen LogP contribution is 2.17. The minimum Gasteiger partial charge on any atom is -0.489 e. The lowest BCUT2D eigenvalue weighted by atomic mass is 9.80. The van der Waals surface area contributed by atoms with Crippen LogP contribution in [0.1, 0.15) is 19.8 Å². The van der Waals surface area contributed by atoms with Gasteiger partial charge >= 0.3 is 7.12 Å². The Balaban J connectivity index is 1.79. The number of rotatable bonds is 5. The van der Waals surface area contributed by atoms with Gasteiger partial charge in [-0.15, -0.1) is 0 Å². The predicted octanol–water partition coefficient (Wildman–Crippen LogP) is 0.616. The van der Waals surface area contributed by atoms with Gasteiger partial charge in [0.2, 0.25) is 0 Å². The highest BCUT2D eigenvalue weighted by atomic mass is 19.1. The summed E-state index contributed by atoms with van der Waals surface area (Å²) in [7, 11) is -1.66. The highest BCUT2D eigenvalue weighted by Gasteiger charge is 2.16. The molecule has 0 aromatic heterocycles. The first-order chi connectivity index (χ1) is 9.56. The summed E-state index contributed by atoms with van der Waals surface area (Å²) in [5.41, 5.74) is 0.125. The van der Waals surface area contributed by atoms with Crippen LogP contribution in [0, 0.1) is 11.7 Å². The van der Waals surface area contributed by atoms with Gasteiger partial charge in [-0.1, -0.05) is 13.0 Å². The van der Waals surface area contributed by atoms with Crippen molar-refractivity contribution in [3.05, 3.63) is 24.0 Å². The predicted molar refractivity (Wildman–Crippen MR) is 76.6 cm³/mol. The summed E-state index contributed by atoms with van der Waals surface area (Å²) in [4.78, 5) is 2.32. The molecule has 0 aliphatic carbocycles. The fourth-order valence-corrected chi connectivity index (χ4v) is 2.37. The molecule has 2 rings (SSSR count). The van der Waals surface area contributed by atoms with E-state index < -0.39 is 12.9 Å². The van der Waals surface area contributed by atoms with Crippen LogP contribution in [0.2, 0.25) is 0 Å². The Kier molecular flexibility index (Phi) is 5.40. The number of likely N-dealkylation sites (tertiary alicyclic amines) is 1. The molecule has 1 aromatic rings. The molecule has 1 heterocycles. The molecule has 0 amide bonds. The zero-order valence-electron chi connectivity index (χ0n) is 11.8. The van der Waals surface area contributed by atoms with E-state index in [0.29, 0.717) is 6.61 Å². The highest BCUT2D eigenvalue weighted by molar-refractivity contribution is 6.58. The van der Waals surface area contributed by atoms with Crippen molar-refractivity contribution < 1.29 is 19.2 Å². The van der Waals surface area contributed by atoms with Gasteiger partial charge in [-0.25, -0.2) is 4.39 Å². The van der Waals surface area contributed by atoms with Gasteiger partial charge in [-0.2, -0.15) is 0 Å². The second-order valence-corrected chi connectivity index (χ2v) is 5.44. The lowest BCUT2D eigenvalue weighted by Crippen LogP contribution is -2.35. The van der Waals surface area contributed by atoms with Crippen molar-refractivity contribution in [1.29, 1.82) is 0 Å². The van der Waals surface area contributed by atoms with Gasteiger partial charge in [0.15, 0.2) is 11.6 Å². The summed E-state index contributed by atoms with van der Waals surface area (Å²) < 4.78 is 19.1. The van der Waals surface area contributed by atoms with Crippen molar-refractivity contribution >= 4 is 12.6 Å². The standard InChI is InChI=1S/C14H21BFNO3/c1-11-4-6-17(7-5-11)8-9-20-14-3-2-12(15(18)19)10-13(14)16/h2-3,10-11,18-19H,4-9H2,1H3. The number of hydrogen-bond donors (Lipinski definition) is 2. The first-order valence-corrected chi connectivity index (χ1v) is 7.07. The van der Waals surface area contributed by atoms with E-state index >= 15 is 0 Å². The molecule has 1 saturated heterocycles. The maximum absolute atomic E-state index is 13.7. The summed E-state index contributed by atoms with van der Waals surface area (Å²) in [6.45, 7) is 5.63. The number of halogens is 1. The fraction of sp³-hybridized carbons (Fsp3) is 0.571. The lowest BCUT2D eigenvalue weighted by molar-refractivity contribution is 0.158. The first kappa shape index (κ1) is 15.3. The molecule has 2 N–H and O–H groups in total. The molecule has 1 aliphatic heterocycles. The number of piperidine rings is 1. The Bertz CT molecular complexity index is 436. The summed E-state index contributed by atoms with van der Waals surface area (Å²) in [6.07, 6.45) is 2.41. The Labute approximate surface area is 119 Å². The molecule has 0 unspecified atom stereocenters. The van der Waals surface area contributed by atoms with Gasteiger partial charge in [-0.3, -0.25) is 4.90 Å². The van der Waals surface area contributed by atoms with Crippen molar-refractivity contribution in [2.45, 2.75) is 19.8 Å². The quantitative estimate of drug-likeness (QED) is 0.777. The molecule has 1 fully saturated rings. The Morgan fingerprint density at radius 3 is 2.65 bits per heavy atom. The fourth-order valence-electron chi connectivity index (χ4n) is 2.37. The molecular weight excluding hydrogens is 260 g/mol. The van der Waals surface area contributed by atoms with Gasteiger partial charge in [-0.05, 0) is 49.4 Å². The van der Waals surface area contributed by atoms with Crippen LogP contribution in [0.15, 0.2) is 18.2 Å². The summed E-state index contributed by atoms with van der Waals surface area (Å²) >= 11 is 0. The van der Waals surface area contributed by atoms with Crippen molar-refractivity contribution in [2.75, 3.05) is 26.2 Å². The van der Waals surface area contributed by atoms with Crippen LogP contribution in [-0.4, -0.2) is 48.3 Å². The molecule has 4 nitrogen and oxygen atoms in total. The van der Waals surface area contributed by atoms with E-state index in [1.54, 1.807) is 0 Å². The van der Waals surface area contributed by atoms with E-state index in [-0.39, 0.29) is 11.2 Å². The van der Waals surface area contributed by atoms with Crippen molar-refractivity contribution in [1.82, 2.24) is 4.90 Å². The molecule has 6 heteroatoms. The van der Waals surface area contributed by atoms with E-state index in [2.05, 4.69) is 11.8 Å². The lowest BCUT2D eigenvalue weighted by Gasteiger charge is -2.29. The Morgan fingerprint density at radius 2 is 2.05 bits per heavy atom. The topological polar surface area (TPSA) is 52.9 Å². The van der Waals surface area contributed by atoms with Crippen LogP contribution in [0.4, 0.5) is 4.39 Å². The van der Waals surface area contributed by atoms with Crippen LogP contribution in [0.25, 0.3) is 0 Å². The summed E-state index contributed by atoms with van der Waals surface area (Å²) in [5, 5.41) is 17.9. The zero-order valence-corrected chi connectivity index (χ0v) is 11.8. The van der Waals surface area contributed by atoms with Crippen molar-refractivity contribution in [3.63, 3.8) is 0 Å². The van der Waals surface area contributed by atoms with Gasteiger partial charge in [0.25, 0.3) is 0 Å². The van der Waals surface area contributed by atoms with Crippen LogP contribution >= 0.6 is 0 Å². The van der Waals surface area contributed by atoms with E-state index in [4.69, 9.17) is 14.8 Å². The van der Waals surface area contributed by atoms with Gasteiger partial charge in [0, 0.05) is 6.54 Å². The average molecular weight is 281 g/mol. The monoisotopic (exact) mass is 281 g/mol. The van der Waals surface area contributed by atoms with Crippen molar-refractivity contribution in [2.24, 2.45) is 5.92 Å². The molecule has 1 aromatic carbocycles. The number of hydrogen-bond acceptors (Lipinski definition) is 4. The molecule has 20 heavy (non-hydrogen) atoms.